The van der Waals surface area contributed by atoms with Gasteiger partial charge in [-0.25, -0.2) is 9.38 Å². The molecule has 0 spiro atoms. The first kappa shape index (κ1) is 19.1. The van der Waals surface area contributed by atoms with Crippen molar-refractivity contribution in [3.8, 4) is 0 Å². The summed E-state index contributed by atoms with van der Waals surface area (Å²) < 4.78 is 25.3. The highest BCUT2D eigenvalue weighted by Crippen LogP contribution is 2.05. The third-order valence-corrected chi connectivity index (χ3v) is 4.76. The zero-order valence-electron chi connectivity index (χ0n) is 14.4. The van der Waals surface area contributed by atoms with Gasteiger partial charge in [0.1, 0.15) is 5.82 Å². The van der Waals surface area contributed by atoms with Gasteiger partial charge in [-0.05, 0) is 30.2 Å². The fourth-order valence-electron chi connectivity index (χ4n) is 2.26. The molecule has 0 heterocycles. The van der Waals surface area contributed by atoms with Crippen molar-refractivity contribution in [2.75, 3.05) is 18.8 Å². The van der Waals surface area contributed by atoms with Crippen LogP contribution in [0.3, 0.4) is 0 Å². The van der Waals surface area contributed by atoms with Gasteiger partial charge in [-0.15, -0.1) is 0 Å². The van der Waals surface area contributed by atoms with Gasteiger partial charge < -0.3 is 10.6 Å². The highest BCUT2D eigenvalue weighted by Gasteiger charge is 2.03. The molecule has 0 aromatic heterocycles. The Hall–Kier alpha value is -2.21. The van der Waals surface area contributed by atoms with Crippen LogP contribution < -0.4 is 10.6 Å². The second kappa shape index (κ2) is 10.6. The molecule has 0 saturated carbocycles. The summed E-state index contributed by atoms with van der Waals surface area (Å²) in [6, 6.07) is 16.2. The Balaban J connectivity index is 1.80. The summed E-state index contributed by atoms with van der Waals surface area (Å²) in [6.45, 7) is 3.66. The Morgan fingerprint density at radius 2 is 1.84 bits per heavy atom. The van der Waals surface area contributed by atoms with Gasteiger partial charge in [-0.2, -0.15) is 0 Å². The van der Waals surface area contributed by atoms with Crippen LogP contribution in [0.5, 0.6) is 0 Å². The number of nitrogens with zero attached hydrogens (tertiary/aromatic N) is 1. The lowest BCUT2D eigenvalue weighted by atomic mass is 10.2. The number of benzene rings is 2. The van der Waals surface area contributed by atoms with Gasteiger partial charge in [0.2, 0.25) is 0 Å². The smallest absolute Gasteiger partial charge is 0.191 e. The van der Waals surface area contributed by atoms with Gasteiger partial charge in [0.15, 0.2) is 5.96 Å². The Morgan fingerprint density at radius 1 is 1.08 bits per heavy atom. The molecule has 0 aliphatic heterocycles. The van der Waals surface area contributed by atoms with Crippen LogP contribution in [0.4, 0.5) is 4.39 Å². The molecule has 0 radical (unpaired) electrons. The topological polar surface area (TPSA) is 53.5 Å². The highest BCUT2D eigenvalue weighted by molar-refractivity contribution is 7.84. The number of hydrogen-bond donors (Lipinski definition) is 2. The zero-order chi connectivity index (χ0) is 17.9. The van der Waals surface area contributed by atoms with Crippen molar-refractivity contribution in [3.63, 3.8) is 0 Å². The molecule has 0 aliphatic carbocycles. The lowest BCUT2D eigenvalue weighted by Crippen LogP contribution is -2.39. The molecule has 2 rings (SSSR count). The molecule has 2 aromatic rings. The number of hydrogen-bond acceptors (Lipinski definition) is 2. The maximum Gasteiger partial charge on any atom is 0.191 e. The van der Waals surface area contributed by atoms with Crippen LogP contribution in [0, 0.1) is 5.82 Å². The number of aliphatic imine (C=N–C) groups is 1. The number of halogens is 1. The zero-order valence-corrected chi connectivity index (χ0v) is 15.2. The third kappa shape index (κ3) is 7.47. The van der Waals surface area contributed by atoms with E-state index in [1.54, 1.807) is 6.07 Å². The summed E-state index contributed by atoms with van der Waals surface area (Å²) in [6.07, 6.45) is 0. The van der Waals surface area contributed by atoms with Crippen LogP contribution >= 0.6 is 0 Å². The summed E-state index contributed by atoms with van der Waals surface area (Å²) in [5.41, 5.74) is 1.89. The number of rotatable bonds is 8. The van der Waals surface area contributed by atoms with E-state index in [9.17, 15) is 8.60 Å². The van der Waals surface area contributed by atoms with Crippen molar-refractivity contribution >= 4 is 16.8 Å². The number of guanidine groups is 1. The minimum atomic E-state index is -0.929. The van der Waals surface area contributed by atoms with E-state index in [0.29, 0.717) is 30.6 Å². The average molecular weight is 361 g/mol. The first-order chi connectivity index (χ1) is 12.2. The minimum Gasteiger partial charge on any atom is -0.357 e. The molecule has 134 valence electrons. The summed E-state index contributed by atoms with van der Waals surface area (Å²) in [7, 11) is -0.929. The summed E-state index contributed by atoms with van der Waals surface area (Å²) >= 11 is 0. The van der Waals surface area contributed by atoms with E-state index in [4.69, 9.17) is 0 Å². The fourth-order valence-corrected chi connectivity index (χ4v) is 3.30. The molecule has 2 aromatic carbocycles. The molecule has 0 saturated heterocycles. The van der Waals surface area contributed by atoms with Gasteiger partial charge in [-0.1, -0.05) is 42.5 Å². The molecule has 2 N–H and O–H groups in total. The monoisotopic (exact) mass is 361 g/mol. The predicted octanol–water partition coefficient (Wildman–Crippen LogP) is 2.83. The van der Waals surface area contributed by atoms with Crippen molar-refractivity contribution in [1.29, 1.82) is 0 Å². The highest BCUT2D eigenvalue weighted by atomic mass is 32.2. The van der Waals surface area contributed by atoms with E-state index in [-0.39, 0.29) is 5.82 Å². The molecule has 25 heavy (non-hydrogen) atoms. The molecular formula is C19H24FN3OS. The molecule has 6 heteroatoms. The molecular weight excluding hydrogens is 337 g/mol. The van der Waals surface area contributed by atoms with E-state index in [0.717, 1.165) is 17.7 Å². The van der Waals surface area contributed by atoms with Crippen molar-refractivity contribution < 1.29 is 8.60 Å². The van der Waals surface area contributed by atoms with Crippen LogP contribution in [0.15, 0.2) is 59.6 Å². The second-order valence-electron chi connectivity index (χ2n) is 5.53. The van der Waals surface area contributed by atoms with E-state index in [1.807, 2.05) is 43.3 Å². The first-order valence-electron chi connectivity index (χ1n) is 8.33. The minimum absolute atomic E-state index is 0.262. The second-order valence-corrected chi connectivity index (χ2v) is 7.10. The molecule has 4 nitrogen and oxygen atoms in total. The fraction of sp³-hybridized carbons (Fsp3) is 0.316. The molecule has 1 atom stereocenters. The van der Waals surface area contributed by atoms with Gasteiger partial charge in [-0.3, -0.25) is 4.21 Å². The molecule has 0 amide bonds. The van der Waals surface area contributed by atoms with E-state index >= 15 is 0 Å². The van der Waals surface area contributed by atoms with E-state index in [2.05, 4.69) is 15.6 Å². The van der Waals surface area contributed by atoms with Crippen LogP contribution in [0.1, 0.15) is 18.1 Å². The van der Waals surface area contributed by atoms with Crippen LogP contribution in [-0.2, 0) is 23.1 Å². The SMILES string of the molecule is CCNC(=NCc1cccc(F)c1)NCCS(=O)Cc1ccccc1. The van der Waals surface area contributed by atoms with Crippen LogP contribution in [0.2, 0.25) is 0 Å². The molecule has 0 fully saturated rings. The summed E-state index contributed by atoms with van der Waals surface area (Å²) in [4.78, 5) is 4.43. The van der Waals surface area contributed by atoms with Crippen LogP contribution in [0.25, 0.3) is 0 Å². The predicted molar refractivity (Wildman–Crippen MR) is 102 cm³/mol. The van der Waals surface area contributed by atoms with E-state index < -0.39 is 10.8 Å². The first-order valence-corrected chi connectivity index (χ1v) is 9.81. The lowest BCUT2D eigenvalue weighted by molar-refractivity contribution is 0.625. The maximum atomic E-state index is 13.2. The Kier molecular flexibility index (Phi) is 8.12. The summed E-state index contributed by atoms with van der Waals surface area (Å²) in [5, 5.41) is 6.31. The van der Waals surface area contributed by atoms with Crippen LogP contribution in [-0.4, -0.2) is 29.0 Å². The van der Waals surface area contributed by atoms with Gasteiger partial charge in [0.25, 0.3) is 0 Å². The van der Waals surface area contributed by atoms with Gasteiger partial charge in [0.05, 0.1) is 6.54 Å². The van der Waals surface area contributed by atoms with Crippen molar-refractivity contribution in [2.24, 2.45) is 4.99 Å². The van der Waals surface area contributed by atoms with Gasteiger partial charge in [0, 0.05) is 35.4 Å². The molecule has 0 aliphatic rings. The number of nitrogens with one attached hydrogen (secondary N) is 2. The third-order valence-electron chi connectivity index (χ3n) is 3.45. The Labute approximate surface area is 151 Å². The molecule has 0 bridgehead atoms. The Morgan fingerprint density at radius 3 is 2.56 bits per heavy atom. The summed E-state index contributed by atoms with van der Waals surface area (Å²) in [5.74, 6) is 1.48. The van der Waals surface area contributed by atoms with E-state index in [1.165, 1.54) is 12.1 Å². The standard InChI is InChI=1S/C19H24FN3OS/c1-2-21-19(23-14-17-9-6-10-18(20)13-17)22-11-12-25(24)15-16-7-4-3-5-8-16/h3-10,13H,2,11-12,14-15H2,1H3,(H2,21,22,23). The Bertz CT molecular complexity index is 707. The maximum absolute atomic E-state index is 13.2. The molecule has 1 unspecified atom stereocenters. The normalized spacial score (nSPS) is 12.6. The average Bonchev–Trinajstić information content (AvgIpc) is 2.60. The van der Waals surface area contributed by atoms with Crippen molar-refractivity contribution in [3.05, 3.63) is 71.5 Å². The van der Waals surface area contributed by atoms with Crippen molar-refractivity contribution in [2.45, 2.75) is 19.2 Å². The van der Waals surface area contributed by atoms with Crippen molar-refractivity contribution in [1.82, 2.24) is 10.6 Å². The quantitative estimate of drug-likeness (QED) is 0.562. The largest absolute Gasteiger partial charge is 0.357 e. The van der Waals surface area contributed by atoms with Gasteiger partial charge >= 0.3 is 0 Å². The lowest BCUT2D eigenvalue weighted by Gasteiger charge is -2.11.